The zero-order valence-corrected chi connectivity index (χ0v) is 11.4. The fourth-order valence-corrected chi connectivity index (χ4v) is 2.80. The molecule has 0 radical (unpaired) electrons. The number of nitrogens with one attached hydrogen (secondary N) is 1. The summed E-state index contributed by atoms with van der Waals surface area (Å²) in [6, 6.07) is 3.95. The minimum atomic E-state index is -3.17. The minimum absolute atomic E-state index is 0.152. The van der Waals surface area contributed by atoms with Gasteiger partial charge in [-0.3, -0.25) is 0 Å². The van der Waals surface area contributed by atoms with Crippen LogP contribution >= 0.6 is 0 Å². The highest BCUT2D eigenvalue weighted by Crippen LogP contribution is 2.07. The van der Waals surface area contributed by atoms with Gasteiger partial charge in [-0.1, -0.05) is 6.92 Å². The number of hydrogen-bond acceptors (Lipinski definition) is 3. The van der Waals surface area contributed by atoms with Crippen molar-refractivity contribution < 1.29 is 8.42 Å². The molecule has 0 amide bonds. The molecule has 5 nitrogen and oxygen atoms in total. The van der Waals surface area contributed by atoms with Crippen LogP contribution in [0.15, 0.2) is 24.5 Å². The largest absolute Gasteiger partial charge is 0.307 e. The molecule has 2 rings (SSSR count). The number of imidazole rings is 1. The predicted molar refractivity (Wildman–Crippen MR) is 70.8 cm³/mol. The van der Waals surface area contributed by atoms with Crippen molar-refractivity contribution in [3.8, 4) is 0 Å². The summed E-state index contributed by atoms with van der Waals surface area (Å²) in [5.41, 5.74) is 2.69. The van der Waals surface area contributed by atoms with Crippen LogP contribution in [0.3, 0.4) is 0 Å². The van der Waals surface area contributed by atoms with E-state index in [0.29, 0.717) is 6.42 Å². The van der Waals surface area contributed by atoms with Crippen LogP contribution in [0.2, 0.25) is 0 Å². The van der Waals surface area contributed by atoms with Gasteiger partial charge in [0.25, 0.3) is 0 Å². The van der Waals surface area contributed by atoms with Crippen molar-refractivity contribution in [3.63, 3.8) is 0 Å². The van der Waals surface area contributed by atoms with Gasteiger partial charge in [0.05, 0.1) is 18.0 Å². The van der Waals surface area contributed by atoms with E-state index in [1.807, 2.05) is 42.8 Å². The zero-order chi connectivity index (χ0) is 13.2. The molecule has 18 heavy (non-hydrogen) atoms. The summed E-state index contributed by atoms with van der Waals surface area (Å²) in [5, 5.41) is 0. The smallest absolute Gasteiger partial charge is 0.211 e. The zero-order valence-electron chi connectivity index (χ0n) is 10.5. The third-order valence-corrected chi connectivity index (χ3v) is 4.14. The van der Waals surface area contributed by atoms with Gasteiger partial charge in [-0.25, -0.2) is 18.1 Å². The molecule has 0 saturated heterocycles. The molecule has 2 heterocycles. The quantitative estimate of drug-likeness (QED) is 0.892. The van der Waals surface area contributed by atoms with E-state index in [0.717, 1.165) is 16.9 Å². The maximum absolute atomic E-state index is 11.5. The minimum Gasteiger partial charge on any atom is -0.307 e. The topological polar surface area (TPSA) is 63.5 Å². The van der Waals surface area contributed by atoms with E-state index >= 15 is 0 Å². The Bertz CT molecular complexity index is 646. The fraction of sp³-hybridized carbons (Fsp3) is 0.417. The van der Waals surface area contributed by atoms with Gasteiger partial charge in [0.1, 0.15) is 5.65 Å². The number of rotatable bonds is 5. The van der Waals surface area contributed by atoms with E-state index in [9.17, 15) is 8.42 Å². The molecule has 0 aliphatic carbocycles. The van der Waals surface area contributed by atoms with E-state index < -0.39 is 10.0 Å². The normalized spacial score (nSPS) is 12.1. The van der Waals surface area contributed by atoms with Crippen molar-refractivity contribution in [1.29, 1.82) is 0 Å². The third-order valence-electron chi connectivity index (χ3n) is 2.61. The Labute approximate surface area is 107 Å². The van der Waals surface area contributed by atoms with Crippen molar-refractivity contribution >= 4 is 15.7 Å². The molecule has 0 fully saturated rings. The third kappa shape index (κ3) is 3.08. The maximum atomic E-state index is 11.5. The van der Waals surface area contributed by atoms with Crippen LogP contribution in [0.25, 0.3) is 5.65 Å². The summed E-state index contributed by atoms with van der Waals surface area (Å²) >= 11 is 0. The Hall–Kier alpha value is -1.40. The van der Waals surface area contributed by atoms with Gasteiger partial charge in [0.2, 0.25) is 10.0 Å². The summed E-state index contributed by atoms with van der Waals surface area (Å²) in [7, 11) is -3.17. The molecular formula is C12H17N3O2S. The SMILES string of the molecule is CCCS(=O)(=O)NCc1cn2ccc(C)cc2n1. The van der Waals surface area contributed by atoms with Crippen LogP contribution in [-0.2, 0) is 16.6 Å². The lowest BCUT2D eigenvalue weighted by Crippen LogP contribution is -2.25. The second-order valence-corrected chi connectivity index (χ2v) is 6.27. The molecule has 0 saturated carbocycles. The second kappa shape index (κ2) is 5.07. The summed E-state index contributed by atoms with van der Waals surface area (Å²) < 4.78 is 27.5. The molecule has 0 bridgehead atoms. The first-order chi connectivity index (χ1) is 8.50. The number of aromatic nitrogens is 2. The molecule has 2 aromatic heterocycles. The van der Waals surface area contributed by atoms with Crippen molar-refractivity contribution in [2.24, 2.45) is 0 Å². The highest BCUT2D eigenvalue weighted by atomic mass is 32.2. The average molecular weight is 267 g/mol. The molecule has 0 unspecified atom stereocenters. The van der Waals surface area contributed by atoms with Gasteiger partial charge in [-0.05, 0) is 31.0 Å². The van der Waals surface area contributed by atoms with E-state index in [1.165, 1.54) is 0 Å². The van der Waals surface area contributed by atoms with E-state index in [-0.39, 0.29) is 12.3 Å². The highest BCUT2D eigenvalue weighted by Gasteiger charge is 2.09. The lowest BCUT2D eigenvalue weighted by molar-refractivity contribution is 0.579. The number of fused-ring (bicyclic) bond motifs is 1. The molecule has 0 aliphatic rings. The van der Waals surface area contributed by atoms with E-state index in [2.05, 4.69) is 9.71 Å². The van der Waals surface area contributed by atoms with Crippen molar-refractivity contribution in [2.45, 2.75) is 26.8 Å². The van der Waals surface area contributed by atoms with Crippen molar-refractivity contribution in [2.75, 3.05) is 5.75 Å². The Morgan fingerprint density at radius 1 is 1.44 bits per heavy atom. The molecule has 0 aliphatic heterocycles. The molecule has 2 aromatic rings. The van der Waals surface area contributed by atoms with Crippen LogP contribution in [0.1, 0.15) is 24.6 Å². The van der Waals surface area contributed by atoms with Crippen molar-refractivity contribution in [1.82, 2.24) is 14.1 Å². The fourth-order valence-electron chi connectivity index (χ4n) is 1.75. The van der Waals surface area contributed by atoms with Crippen LogP contribution in [0.4, 0.5) is 0 Å². The molecular weight excluding hydrogens is 250 g/mol. The monoisotopic (exact) mass is 267 g/mol. The summed E-state index contributed by atoms with van der Waals surface area (Å²) in [6.45, 7) is 4.08. The first-order valence-corrected chi connectivity index (χ1v) is 7.57. The van der Waals surface area contributed by atoms with Crippen LogP contribution in [0.5, 0.6) is 0 Å². The Balaban J connectivity index is 2.13. The van der Waals surface area contributed by atoms with Gasteiger partial charge in [-0.15, -0.1) is 0 Å². The molecule has 6 heteroatoms. The summed E-state index contributed by atoms with van der Waals surface area (Å²) in [6.07, 6.45) is 4.37. The lowest BCUT2D eigenvalue weighted by atomic mass is 10.3. The van der Waals surface area contributed by atoms with Gasteiger partial charge in [0.15, 0.2) is 0 Å². The van der Waals surface area contributed by atoms with Gasteiger partial charge < -0.3 is 4.40 Å². The first-order valence-electron chi connectivity index (χ1n) is 5.92. The van der Waals surface area contributed by atoms with Crippen LogP contribution in [0, 0.1) is 6.92 Å². The van der Waals surface area contributed by atoms with Gasteiger partial charge in [0, 0.05) is 12.4 Å². The maximum Gasteiger partial charge on any atom is 0.211 e. The molecule has 0 aromatic carbocycles. The standard InChI is InChI=1S/C12H17N3O2S/c1-3-6-18(16,17)13-8-11-9-15-5-4-10(2)7-12(15)14-11/h4-5,7,9,13H,3,6,8H2,1-2H3. The average Bonchev–Trinajstić information content (AvgIpc) is 2.68. The number of sulfonamides is 1. The van der Waals surface area contributed by atoms with E-state index in [1.54, 1.807) is 0 Å². The van der Waals surface area contributed by atoms with Crippen molar-refractivity contribution in [3.05, 3.63) is 35.8 Å². The Morgan fingerprint density at radius 2 is 2.22 bits per heavy atom. The number of nitrogens with zero attached hydrogens (tertiary/aromatic N) is 2. The number of aryl methyl sites for hydroxylation is 1. The molecule has 98 valence electrons. The summed E-state index contributed by atoms with van der Waals surface area (Å²) in [5.74, 6) is 0.152. The second-order valence-electron chi connectivity index (χ2n) is 4.34. The van der Waals surface area contributed by atoms with E-state index in [4.69, 9.17) is 0 Å². The summed E-state index contributed by atoms with van der Waals surface area (Å²) in [4.78, 5) is 4.37. The lowest BCUT2D eigenvalue weighted by Gasteiger charge is -2.02. The Kier molecular flexibility index (Phi) is 3.68. The van der Waals surface area contributed by atoms with Gasteiger partial charge in [-0.2, -0.15) is 0 Å². The number of hydrogen-bond donors (Lipinski definition) is 1. The molecule has 0 atom stereocenters. The first kappa shape index (κ1) is 13.0. The van der Waals surface area contributed by atoms with Crippen LogP contribution < -0.4 is 4.72 Å². The molecule has 0 spiro atoms. The Morgan fingerprint density at radius 3 is 2.94 bits per heavy atom. The molecule has 1 N–H and O–H groups in total. The number of pyridine rings is 1. The highest BCUT2D eigenvalue weighted by molar-refractivity contribution is 7.89. The predicted octanol–water partition coefficient (Wildman–Crippen LogP) is 1.47. The van der Waals surface area contributed by atoms with Gasteiger partial charge >= 0.3 is 0 Å². The van der Waals surface area contributed by atoms with Crippen LogP contribution in [-0.4, -0.2) is 23.6 Å².